The zero-order valence-corrected chi connectivity index (χ0v) is 10.5. The Morgan fingerprint density at radius 1 is 1.41 bits per heavy atom. The summed E-state index contributed by atoms with van der Waals surface area (Å²) in [7, 11) is 0. The van der Waals surface area contributed by atoms with Crippen molar-refractivity contribution in [3.63, 3.8) is 0 Å². The van der Waals surface area contributed by atoms with Crippen LogP contribution in [-0.2, 0) is 13.2 Å². The lowest BCUT2D eigenvalue weighted by Gasteiger charge is -2.05. The SMILES string of the molecule is CCNCc1cncc(OCc2cccs2)n1. The molecule has 0 aliphatic carbocycles. The maximum Gasteiger partial charge on any atom is 0.232 e. The highest BCUT2D eigenvalue weighted by Crippen LogP contribution is 2.12. The highest BCUT2D eigenvalue weighted by Gasteiger charge is 2.00. The lowest BCUT2D eigenvalue weighted by atomic mass is 10.4. The fourth-order valence-corrected chi connectivity index (χ4v) is 1.95. The molecule has 0 unspecified atom stereocenters. The summed E-state index contributed by atoms with van der Waals surface area (Å²) in [6, 6.07) is 4.05. The van der Waals surface area contributed by atoms with Crippen molar-refractivity contribution in [1.29, 1.82) is 0 Å². The molecular weight excluding hydrogens is 234 g/mol. The maximum atomic E-state index is 5.58. The number of aromatic nitrogens is 2. The van der Waals surface area contributed by atoms with E-state index in [4.69, 9.17) is 4.74 Å². The number of nitrogens with one attached hydrogen (secondary N) is 1. The first kappa shape index (κ1) is 12.0. The number of ether oxygens (including phenoxy) is 1. The van der Waals surface area contributed by atoms with Gasteiger partial charge in [-0.25, -0.2) is 4.98 Å². The van der Waals surface area contributed by atoms with Crippen molar-refractivity contribution in [3.8, 4) is 5.88 Å². The lowest BCUT2D eigenvalue weighted by molar-refractivity contribution is 0.294. The molecule has 2 rings (SSSR count). The van der Waals surface area contributed by atoms with Crippen LogP contribution in [-0.4, -0.2) is 16.5 Å². The molecule has 0 aliphatic heterocycles. The number of hydrogen-bond donors (Lipinski definition) is 1. The van der Waals surface area contributed by atoms with Crippen LogP contribution < -0.4 is 10.1 Å². The van der Waals surface area contributed by atoms with Crippen molar-refractivity contribution in [2.24, 2.45) is 0 Å². The third-order valence-corrected chi connectivity index (χ3v) is 3.01. The van der Waals surface area contributed by atoms with Crippen LogP contribution in [0.25, 0.3) is 0 Å². The van der Waals surface area contributed by atoms with Crippen molar-refractivity contribution < 1.29 is 4.74 Å². The number of hydrogen-bond acceptors (Lipinski definition) is 5. The predicted molar refractivity (Wildman–Crippen MR) is 68.1 cm³/mol. The Morgan fingerprint density at radius 2 is 2.35 bits per heavy atom. The fourth-order valence-electron chi connectivity index (χ4n) is 1.33. The monoisotopic (exact) mass is 249 g/mol. The Morgan fingerprint density at radius 3 is 3.12 bits per heavy atom. The highest BCUT2D eigenvalue weighted by atomic mass is 32.1. The van der Waals surface area contributed by atoms with Gasteiger partial charge in [-0.05, 0) is 18.0 Å². The number of thiophene rings is 1. The first-order valence-electron chi connectivity index (χ1n) is 5.55. The Labute approximate surface area is 105 Å². The second-order valence-electron chi connectivity index (χ2n) is 3.50. The molecule has 2 aromatic rings. The minimum atomic E-state index is 0.553. The molecule has 0 spiro atoms. The number of nitrogens with zero attached hydrogens (tertiary/aromatic N) is 2. The van der Waals surface area contributed by atoms with Crippen molar-refractivity contribution in [1.82, 2.24) is 15.3 Å². The lowest BCUT2D eigenvalue weighted by Crippen LogP contribution is -2.13. The molecule has 0 saturated heterocycles. The summed E-state index contributed by atoms with van der Waals surface area (Å²) in [6.45, 7) is 4.25. The molecule has 0 atom stereocenters. The standard InChI is InChI=1S/C12H15N3OS/c1-2-13-6-10-7-14-8-12(15-10)16-9-11-4-3-5-17-11/h3-5,7-8,13H,2,6,9H2,1H3. The molecule has 17 heavy (non-hydrogen) atoms. The average Bonchev–Trinajstić information content (AvgIpc) is 2.87. The largest absolute Gasteiger partial charge is 0.471 e. The Bertz CT molecular complexity index is 445. The van der Waals surface area contributed by atoms with Crippen molar-refractivity contribution in [2.75, 3.05) is 6.54 Å². The molecule has 0 aromatic carbocycles. The normalized spacial score (nSPS) is 10.4. The average molecular weight is 249 g/mol. The maximum absolute atomic E-state index is 5.58. The van der Waals surface area contributed by atoms with Gasteiger partial charge in [-0.3, -0.25) is 4.98 Å². The van der Waals surface area contributed by atoms with Gasteiger partial charge in [-0.2, -0.15) is 0 Å². The van der Waals surface area contributed by atoms with Crippen molar-refractivity contribution >= 4 is 11.3 Å². The summed E-state index contributed by atoms with van der Waals surface area (Å²) in [4.78, 5) is 9.66. The molecular formula is C12H15N3OS. The molecule has 4 nitrogen and oxygen atoms in total. The van der Waals surface area contributed by atoms with Crippen LogP contribution >= 0.6 is 11.3 Å². The molecule has 0 aliphatic rings. The summed E-state index contributed by atoms with van der Waals surface area (Å²) < 4.78 is 5.58. The zero-order chi connectivity index (χ0) is 11.9. The second kappa shape index (κ2) is 6.32. The van der Waals surface area contributed by atoms with E-state index >= 15 is 0 Å². The van der Waals surface area contributed by atoms with Gasteiger partial charge in [0.15, 0.2) is 0 Å². The summed E-state index contributed by atoms with van der Waals surface area (Å²) in [5, 5.41) is 5.24. The molecule has 0 saturated carbocycles. The van der Waals surface area contributed by atoms with Gasteiger partial charge in [0.25, 0.3) is 0 Å². The van der Waals surface area contributed by atoms with E-state index in [2.05, 4.69) is 22.2 Å². The van der Waals surface area contributed by atoms with Crippen LogP contribution in [0.5, 0.6) is 5.88 Å². The Balaban J connectivity index is 1.91. The summed E-state index contributed by atoms with van der Waals surface area (Å²) in [5.41, 5.74) is 0.899. The molecule has 2 aromatic heterocycles. The van der Waals surface area contributed by atoms with Gasteiger partial charge in [-0.15, -0.1) is 11.3 Å². The van der Waals surface area contributed by atoms with E-state index in [0.717, 1.165) is 18.8 Å². The molecule has 0 fully saturated rings. The smallest absolute Gasteiger partial charge is 0.232 e. The van der Waals surface area contributed by atoms with E-state index in [1.165, 1.54) is 4.88 Å². The van der Waals surface area contributed by atoms with Crippen LogP contribution in [0.3, 0.4) is 0 Å². The molecule has 1 N–H and O–H groups in total. The van der Waals surface area contributed by atoms with Gasteiger partial charge in [-0.1, -0.05) is 13.0 Å². The first-order valence-corrected chi connectivity index (χ1v) is 6.43. The molecule has 0 radical (unpaired) electrons. The van der Waals surface area contributed by atoms with Crippen LogP contribution in [0.1, 0.15) is 17.5 Å². The van der Waals surface area contributed by atoms with E-state index in [-0.39, 0.29) is 0 Å². The van der Waals surface area contributed by atoms with E-state index in [1.54, 1.807) is 23.7 Å². The fraction of sp³-hybridized carbons (Fsp3) is 0.333. The molecule has 5 heteroatoms. The quantitative estimate of drug-likeness (QED) is 0.852. The van der Waals surface area contributed by atoms with Gasteiger partial charge in [0.1, 0.15) is 6.61 Å². The van der Waals surface area contributed by atoms with Crippen LogP contribution in [0, 0.1) is 0 Å². The predicted octanol–water partition coefficient (Wildman–Crippen LogP) is 2.23. The molecule has 90 valence electrons. The van der Waals surface area contributed by atoms with Crippen molar-refractivity contribution in [2.45, 2.75) is 20.1 Å². The summed E-state index contributed by atoms with van der Waals surface area (Å²) in [6.07, 6.45) is 3.39. The third-order valence-electron chi connectivity index (χ3n) is 2.16. The first-order chi connectivity index (χ1) is 8.38. The van der Waals surface area contributed by atoms with Crippen molar-refractivity contribution in [3.05, 3.63) is 40.5 Å². The Hall–Kier alpha value is -1.46. The van der Waals surface area contributed by atoms with Gasteiger partial charge >= 0.3 is 0 Å². The molecule has 2 heterocycles. The van der Waals surface area contributed by atoms with Gasteiger partial charge in [0.2, 0.25) is 5.88 Å². The van der Waals surface area contributed by atoms with E-state index < -0.39 is 0 Å². The van der Waals surface area contributed by atoms with E-state index in [0.29, 0.717) is 12.5 Å². The summed E-state index contributed by atoms with van der Waals surface area (Å²) >= 11 is 1.67. The Kier molecular flexibility index (Phi) is 4.46. The minimum Gasteiger partial charge on any atom is -0.471 e. The second-order valence-corrected chi connectivity index (χ2v) is 4.53. The van der Waals surface area contributed by atoms with Gasteiger partial charge in [0.05, 0.1) is 11.9 Å². The topological polar surface area (TPSA) is 47.0 Å². The van der Waals surface area contributed by atoms with Crippen LogP contribution in [0.4, 0.5) is 0 Å². The molecule has 0 amide bonds. The zero-order valence-electron chi connectivity index (χ0n) is 9.72. The van der Waals surface area contributed by atoms with Gasteiger partial charge < -0.3 is 10.1 Å². The van der Waals surface area contributed by atoms with E-state index in [1.807, 2.05) is 17.5 Å². The number of rotatable bonds is 6. The minimum absolute atomic E-state index is 0.553. The van der Waals surface area contributed by atoms with E-state index in [9.17, 15) is 0 Å². The third kappa shape index (κ3) is 3.80. The van der Waals surface area contributed by atoms with Gasteiger partial charge in [0, 0.05) is 17.6 Å². The summed E-state index contributed by atoms with van der Waals surface area (Å²) in [5.74, 6) is 0.578. The molecule has 0 bridgehead atoms. The van der Waals surface area contributed by atoms with Crippen LogP contribution in [0.15, 0.2) is 29.9 Å². The highest BCUT2D eigenvalue weighted by molar-refractivity contribution is 7.09. The van der Waals surface area contributed by atoms with Crippen LogP contribution in [0.2, 0.25) is 0 Å².